The first kappa shape index (κ1) is 14.7. The summed E-state index contributed by atoms with van der Waals surface area (Å²) in [5.74, 6) is -0.570. The summed E-state index contributed by atoms with van der Waals surface area (Å²) < 4.78 is 58.0. The van der Waals surface area contributed by atoms with E-state index in [9.17, 15) is 21.6 Å². The molecule has 0 saturated heterocycles. The van der Waals surface area contributed by atoms with Crippen molar-refractivity contribution < 1.29 is 26.4 Å². The Morgan fingerprint density at radius 1 is 1.24 bits per heavy atom. The van der Waals surface area contributed by atoms with E-state index in [4.69, 9.17) is 4.84 Å². The van der Waals surface area contributed by atoms with Crippen LogP contribution in [-0.4, -0.2) is 26.5 Å². The highest BCUT2D eigenvalue weighted by Gasteiger charge is 2.27. The van der Waals surface area contributed by atoms with Gasteiger partial charge >= 0.3 is 6.18 Å². The fraction of sp³-hybridized carbons (Fsp3) is 1.00. The number of sulfonamides is 1. The van der Waals surface area contributed by atoms with Gasteiger partial charge in [0.2, 0.25) is 10.0 Å². The molecule has 0 radical (unpaired) electrons. The third kappa shape index (κ3) is 6.85. The van der Waals surface area contributed by atoms with Gasteiger partial charge in [0.05, 0.1) is 11.9 Å². The molecule has 0 aromatic carbocycles. The Bertz CT molecular complexity index is 323. The molecule has 1 aliphatic rings. The molecular weight excluding hydrogens is 259 g/mol. The molecule has 0 amide bonds. The van der Waals surface area contributed by atoms with Crippen LogP contribution in [0, 0.1) is 0 Å². The van der Waals surface area contributed by atoms with Crippen molar-refractivity contribution in [2.24, 2.45) is 0 Å². The molecule has 1 rings (SSSR count). The Kier molecular flexibility index (Phi) is 5.21. The minimum Gasteiger partial charge on any atom is -0.284 e. The maximum atomic E-state index is 11.8. The Hall–Kier alpha value is -0.340. The van der Waals surface area contributed by atoms with E-state index in [1.807, 2.05) is 4.89 Å². The van der Waals surface area contributed by atoms with E-state index in [2.05, 4.69) is 0 Å². The zero-order valence-electron chi connectivity index (χ0n) is 9.29. The maximum Gasteiger partial charge on any atom is 0.389 e. The first-order valence-electron chi connectivity index (χ1n) is 5.50. The minimum atomic E-state index is -4.32. The van der Waals surface area contributed by atoms with Gasteiger partial charge in [0.1, 0.15) is 0 Å². The fourth-order valence-electron chi connectivity index (χ4n) is 1.65. The van der Waals surface area contributed by atoms with E-state index in [1.54, 1.807) is 0 Å². The van der Waals surface area contributed by atoms with E-state index >= 15 is 0 Å². The van der Waals surface area contributed by atoms with Gasteiger partial charge in [-0.15, -0.1) is 0 Å². The van der Waals surface area contributed by atoms with Crippen molar-refractivity contribution in [3.05, 3.63) is 0 Å². The van der Waals surface area contributed by atoms with Gasteiger partial charge in [0, 0.05) is 6.42 Å². The lowest BCUT2D eigenvalue weighted by Crippen LogP contribution is -2.30. The third-order valence-electron chi connectivity index (χ3n) is 2.52. The Morgan fingerprint density at radius 2 is 1.82 bits per heavy atom. The fourth-order valence-corrected chi connectivity index (χ4v) is 2.54. The summed E-state index contributed by atoms with van der Waals surface area (Å²) in [5, 5.41) is 0. The smallest absolute Gasteiger partial charge is 0.284 e. The molecule has 0 aromatic rings. The number of hydrogen-bond acceptors (Lipinski definition) is 3. The molecule has 0 aliphatic heterocycles. The predicted molar refractivity (Wildman–Crippen MR) is 55.6 cm³/mol. The van der Waals surface area contributed by atoms with Gasteiger partial charge in [-0.25, -0.2) is 8.42 Å². The molecule has 0 heterocycles. The molecule has 4 nitrogen and oxygen atoms in total. The molecule has 1 fully saturated rings. The highest BCUT2D eigenvalue weighted by Crippen LogP contribution is 2.22. The summed E-state index contributed by atoms with van der Waals surface area (Å²) in [4.78, 5) is 6.82. The number of rotatable bonds is 6. The van der Waals surface area contributed by atoms with E-state index in [0.29, 0.717) is 0 Å². The van der Waals surface area contributed by atoms with Crippen LogP contribution < -0.4 is 4.89 Å². The normalized spacial score (nSPS) is 18.8. The van der Waals surface area contributed by atoms with E-state index in [1.165, 1.54) is 0 Å². The lowest BCUT2D eigenvalue weighted by Gasteiger charge is -2.12. The largest absolute Gasteiger partial charge is 0.389 e. The first-order valence-corrected chi connectivity index (χ1v) is 7.16. The standard InChI is InChI=1S/C9H16F3NO3S/c10-9(11,12)6-3-7-17(14,15)13-16-8-4-1-2-5-8/h8,13H,1-7H2. The van der Waals surface area contributed by atoms with Crippen molar-refractivity contribution >= 4 is 10.0 Å². The van der Waals surface area contributed by atoms with Crippen molar-refractivity contribution in [1.29, 1.82) is 0 Å². The quantitative estimate of drug-likeness (QED) is 0.755. The van der Waals surface area contributed by atoms with E-state index in [0.717, 1.165) is 25.7 Å². The number of hydrogen-bond donors (Lipinski definition) is 1. The average molecular weight is 275 g/mol. The second-order valence-electron chi connectivity index (χ2n) is 4.15. The number of nitrogens with one attached hydrogen (secondary N) is 1. The second-order valence-corrected chi connectivity index (χ2v) is 5.95. The summed E-state index contributed by atoms with van der Waals surface area (Å²) in [6.07, 6.45) is -2.48. The molecule has 1 N–H and O–H groups in total. The summed E-state index contributed by atoms with van der Waals surface area (Å²) >= 11 is 0. The Labute approximate surface area is 98.5 Å². The zero-order valence-corrected chi connectivity index (χ0v) is 10.1. The average Bonchev–Trinajstić information content (AvgIpc) is 2.64. The van der Waals surface area contributed by atoms with Crippen molar-refractivity contribution in [3.8, 4) is 0 Å². The van der Waals surface area contributed by atoms with Crippen molar-refractivity contribution in [3.63, 3.8) is 0 Å². The van der Waals surface area contributed by atoms with Gasteiger partial charge in [-0.3, -0.25) is 4.84 Å². The van der Waals surface area contributed by atoms with Crippen LogP contribution in [0.1, 0.15) is 38.5 Å². The summed E-state index contributed by atoms with van der Waals surface area (Å²) in [6.45, 7) is 0. The summed E-state index contributed by atoms with van der Waals surface area (Å²) in [5.41, 5.74) is 0. The van der Waals surface area contributed by atoms with Crippen LogP contribution >= 0.6 is 0 Å². The topological polar surface area (TPSA) is 55.4 Å². The Morgan fingerprint density at radius 3 is 2.35 bits per heavy atom. The van der Waals surface area contributed by atoms with Crippen molar-refractivity contribution in [1.82, 2.24) is 4.89 Å². The molecular formula is C9H16F3NO3S. The van der Waals surface area contributed by atoms with Gasteiger partial charge in [-0.1, -0.05) is 17.7 Å². The maximum absolute atomic E-state index is 11.8. The summed E-state index contributed by atoms with van der Waals surface area (Å²) in [7, 11) is -3.76. The SMILES string of the molecule is O=S(=O)(CCCC(F)(F)F)NOC1CCCC1. The van der Waals surface area contributed by atoms with Crippen LogP contribution in [0.5, 0.6) is 0 Å². The molecule has 102 valence electrons. The van der Waals surface area contributed by atoms with Crippen molar-refractivity contribution in [2.45, 2.75) is 50.8 Å². The van der Waals surface area contributed by atoms with Crippen LogP contribution in [0.2, 0.25) is 0 Å². The van der Waals surface area contributed by atoms with Gasteiger partial charge in [0.25, 0.3) is 0 Å². The lowest BCUT2D eigenvalue weighted by molar-refractivity contribution is -0.134. The van der Waals surface area contributed by atoms with Crippen LogP contribution in [0.25, 0.3) is 0 Å². The van der Waals surface area contributed by atoms with Gasteiger partial charge in [0.15, 0.2) is 0 Å². The molecule has 0 atom stereocenters. The molecule has 0 spiro atoms. The molecule has 8 heteroatoms. The predicted octanol–water partition coefficient (Wildman–Crippen LogP) is 2.12. The first-order chi connectivity index (χ1) is 7.79. The van der Waals surface area contributed by atoms with Crippen molar-refractivity contribution in [2.75, 3.05) is 5.75 Å². The molecule has 17 heavy (non-hydrogen) atoms. The number of alkyl halides is 3. The third-order valence-corrected chi connectivity index (χ3v) is 3.69. The molecule has 0 bridgehead atoms. The summed E-state index contributed by atoms with van der Waals surface area (Å²) in [6, 6.07) is 0. The lowest BCUT2D eigenvalue weighted by atomic mass is 10.3. The second kappa shape index (κ2) is 6.01. The van der Waals surface area contributed by atoms with Crippen LogP contribution in [-0.2, 0) is 14.9 Å². The molecule has 0 unspecified atom stereocenters. The zero-order chi connectivity index (χ0) is 12.9. The van der Waals surface area contributed by atoms with Crippen LogP contribution in [0.3, 0.4) is 0 Å². The monoisotopic (exact) mass is 275 g/mol. The van der Waals surface area contributed by atoms with E-state index < -0.39 is 34.8 Å². The van der Waals surface area contributed by atoms with E-state index in [-0.39, 0.29) is 6.10 Å². The van der Waals surface area contributed by atoms with Gasteiger partial charge in [-0.05, 0) is 19.3 Å². The van der Waals surface area contributed by atoms with Gasteiger partial charge < -0.3 is 0 Å². The Balaban J connectivity index is 2.21. The minimum absolute atomic E-state index is 0.146. The van der Waals surface area contributed by atoms with Crippen LogP contribution in [0.15, 0.2) is 0 Å². The molecule has 1 saturated carbocycles. The molecule has 1 aliphatic carbocycles. The molecule has 0 aromatic heterocycles. The highest BCUT2D eigenvalue weighted by molar-refractivity contribution is 7.89. The van der Waals surface area contributed by atoms with Gasteiger partial charge in [-0.2, -0.15) is 13.2 Å². The number of halogens is 3. The van der Waals surface area contributed by atoms with Crippen LogP contribution in [0.4, 0.5) is 13.2 Å². The highest BCUT2D eigenvalue weighted by atomic mass is 32.2.